The third-order valence-electron chi connectivity index (χ3n) is 7.10. The number of benzene rings is 2. The SMILES string of the molecule is Cc1ccc(C)c(S(=O)(=O)Nc2ccc(C3(C(=O)NC4CCC(C)CC4)CC3)cc2)c1.O=C(O)C(F)(F)F. The van der Waals surface area contributed by atoms with Gasteiger partial charge in [0, 0.05) is 11.7 Å². The Hall–Kier alpha value is -3.08. The topological polar surface area (TPSA) is 113 Å². The zero-order chi connectivity index (χ0) is 28.3. The highest BCUT2D eigenvalue weighted by Crippen LogP contribution is 2.49. The number of carboxylic acids is 1. The number of anilines is 1. The number of nitrogens with one attached hydrogen (secondary N) is 2. The van der Waals surface area contributed by atoms with E-state index in [1.807, 2.05) is 31.2 Å². The summed E-state index contributed by atoms with van der Waals surface area (Å²) >= 11 is 0. The van der Waals surface area contributed by atoms with Crippen LogP contribution in [0.25, 0.3) is 0 Å². The van der Waals surface area contributed by atoms with Crippen LogP contribution in [0.5, 0.6) is 0 Å². The second-order valence-corrected chi connectivity index (χ2v) is 11.9. The number of alkyl halides is 3. The Morgan fingerprint density at radius 2 is 1.53 bits per heavy atom. The highest BCUT2D eigenvalue weighted by atomic mass is 32.2. The molecule has 0 radical (unpaired) electrons. The van der Waals surface area contributed by atoms with E-state index in [0.29, 0.717) is 11.3 Å². The molecule has 2 fully saturated rings. The van der Waals surface area contributed by atoms with Gasteiger partial charge in [-0.2, -0.15) is 13.2 Å². The number of carboxylic acid groups (broad SMARTS) is 1. The summed E-state index contributed by atoms with van der Waals surface area (Å²) in [4.78, 5) is 22.2. The molecule has 2 aliphatic rings. The lowest BCUT2D eigenvalue weighted by molar-refractivity contribution is -0.192. The highest BCUT2D eigenvalue weighted by Gasteiger charge is 2.51. The van der Waals surface area contributed by atoms with Crippen LogP contribution in [0, 0.1) is 19.8 Å². The summed E-state index contributed by atoms with van der Waals surface area (Å²) < 4.78 is 60.1. The van der Waals surface area contributed by atoms with Gasteiger partial charge in [0.1, 0.15) is 0 Å². The van der Waals surface area contributed by atoms with Crippen LogP contribution in [0.2, 0.25) is 0 Å². The molecule has 2 saturated carbocycles. The molecule has 3 N–H and O–H groups in total. The van der Waals surface area contributed by atoms with Gasteiger partial charge < -0.3 is 10.4 Å². The summed E-state index contributed by atoms with van der Waals surface area (Å²) in [7, 11) is -3.67. The summed E-state index contributed by atoms with van der Waals surface area (Å²) in [5.41, 5.74) is 2.62. The summed E-state index contributed by atoms with van der Waals surface area (Å²) in [5, 5.41) is 10.4. The lowest BCUT2D eigenvalue weighted by atomic mass is 9.86. The normalized spacial score (nSPS) is 20.5. The zero-order valence-corrected chi connectivity index (χ0v) is 22.4. The minimum absolute atomic E-state index is 0.121. The van der Waals surface area contributed by atoms with Crippen LogP contribution >= 0.6 is 0 Å². The monoisotopic (exact) mass is 554 g/mol. The Kier molecular flexibility index (Phi) is 8.80. The number of hydrogen-bond acceptors (Lipinski definition) is 4. The van der Waals surface area contributed by atoms with E-state index in [2.05, 4.69) is 17.0 Å². The van der Waals surface area contributed by atoms with Gasteiger partial charge in [-0.05, 0) is 93.2 Å². The zero-order valence-electron chi connectivity index (χ0n) is 21.6. The van der Waals surface area contributed by atoms with E-state index in [-0.39, 0.29) is 16.8 Å². The number of rotatable bonds is 6. The largest absolute Gasteiger partial charge is 0.490 e. The third kappa shape index (κ3) is 7.27. The predicted molar refractivity (Wildman–Crippen MR) is 137 cm³/mol. The standard InChI is InChI=1S/C25H32N2O3S.C2HF3O2/c1-17-5-10-21(11-6-17)26-24(28)25(14-15-25)20-8-12-22(13-9-20)27-31(29,30)23-16-18(2)4-7-19(23)3;3-2(4,5)1(6)7/h4,7-9,12-13,16-17,21,27H,5-6,10-11,14-15H2,1-3H3,(H,26,28);(H,6,7). The quantitative estimate of drug-likeness (QED) is 0.439. The first-order valence-corrected chi connectivity index (χ1v) is 13.9. The number of hydrogen-bond donors (Lipinski definition) is 3. The second kappa shape index (κ2) is 11.3. The van der Waals surface area contributed by atoms with E-state index in [0.717, 1.165) is 42.7 Å². The van der Waals surface area contributed by atoms with Gasteiger partial charge in [-0.25, -0.2) is 13.2 Å². The highest BCUT2D eigenvalue weighted by molar-refractivity contribution is 7.92. The molecule has 208 valence electrons. The average molecular weight is 555 g/mol. The molecule has 0 spiro atoms. The van der Waals surface area contributed by atoms with E-state index in [9.17, 15) is 26.4 Å². The Balaban J connectivity index is 0.000000505. The number of amides is 1. The van der Waals surface area contributed by atoms with Gasteiger partial charge in [0.25, 0.3) is 10.0 Å². The van der Waals surface area contributed by atoms with Crippen molar-refractivity contribution in [3.63, 3.8) is 0 Å². The maximum absolute atomic E-state index is 13.0. The molecule has 0 aliphatic heterocycles. The van der Waals surface area contributed by atoms with Gasteiger partial charge in [-0.15, -0.1) is 0 Å². The van der Waals surface area contributed by atoms with E-state index in [1.54, 1.807) is 25.1 Å². The maximum Gasteiger partial charge on any atom is 0.490 e. The number of aryl methyl sites for hydroxylation is 2. The van der Waals surface area contributed by atoms with E-state index in [1.165, 1.54) is 12.8 Å². The number of halogens is 3. The molecule has 38 heavy (non-hydrogen) atoms. The Morgan fingerprint density at radius 3 is 2.03 bits per heavy atom. The van der Waals surface area contributed by atoms with Crippen molar-refractivity contribution < 1.29 is 36.3 Å². The Bertz CT molecular complexity index is 1260. The fourth-order valence-corrected chi connectivity index (χ4v) is 5.95. The van der Waals surface area contributed by atoms with Crippen LogP contribution in [-0.4, -0.2) is 37.6 Å². The van der Waals surface area contributed by atoms with Crippen LogP contribution in [0.3, 0.4) is 0 Å². The molecule has 11 heteroatoms. The van der Waals surface area contributed by atoms with Gasteiger partial charge in [0.05, 0.1) is 10.3 Å². The van der Waals surface area contributed by atoms with Gasteiger partial charge in [0.2, 0.25) is 5.91 Å². The Labute approximate surface area is 220 Å². The van der Waals surface area contributed by atoms with E-state index in [4.69, 9.17) is 9.90 Å². The van der Waals surface area contributed by atoms with Crippen LogP contribution in [0.4, 0.5) is 18.9 Å². The van der Waals surface area contributed by atoms with Gasteiger partial charge in [-0.3, -0.25) is 9.52 Å². The summed E-state index contributed by atoms with van der Waals surface area (Å²) in [5.74, 6) is -1.88. The average Bonchev–Trinajstić information content (AvgIpc) is 3.64. The lowest BCUT2D eigenvalue weighted by Crippen LogP contribution is -2.43. The summed E-state index contributed by atoms with van der Waals surface area (Å²) in [6.45, 7) is 5.94. The predicted octanol–water partition coefficient (Wildman–Crippen LogP) is 5.46. The van der Waals surface area contributed by atoms with Crippen molar-refractivity contribution in [2.75, 3.05) is 4.72 Å². The van der Waals surface area contributed by atoms with Gasteiger partial charge in [0.15, 0.2) is 0 Å². The fourth-order valence-electron chi connectivity index (χ4n) is 4.56. The maximum atomic E-state index is 13.0. The van der Waals surface area contributed by atoms with E-state index < -0.39 is 27.6 Å². The fraction of sp³-hybridized carbons (Fsp3) is 0.481. The molecule has 2 aliphatic carbocycles. The van der Waals surface area contributed by atoms with Crippen molar-refractivity contribution in [1.82, 2.24) is 5.32 Å². The number of sulfonamides is 1. The van der Waals surface area contributed by atoms with Crippen molar-refractivity contribution in [2.45, 2.75) is 81.8 Å². The second-order valence-electron chi connectivity index (χ2n) is 10.3. The number of aliphatic carboxylic acids is 1. The van der Waals surface area contributed by atoms with Gasteiger partial charge in [-0.1, -0.05) is 31.2 Å². The minimum atomic E-state index is -5.08. The molecule has 7 nitrogen and oxygen atoms in total. The van der Waals surface area contributed by atoms with Crippen molar-refractivity contribution in [3.05, 3.63) is 59.2 Å². The van der Waals surface area contributed by atoms with Crippen LogP contribution in [0.1, 0.15) is 62.1 Å². The molecule has 1 amide bonds. The molecule has 4 rings (SSSR count). The first kappa shape index (κ1) is 29.5. The minimum Gasteiger partial charge on any atom is -0.475 e. The molecular formula is C27H33F3N2O5S. The first-order chi connectivity index (χ1) is 17.6. The first-order valence-electron chi connectivity index (χ1n) is 12.5. The molecule has 0 atom stereocenters. The van der Waals surface area contributed by atoms with Crippen molar-refractivity contribution >= 4 is 27.6 Å². The van der Waals surface area contributed by atoms with Crippen molar-refractivity contribution in [2.24, 2.45) is 5.92 Å². The van der Waals surface area contributed by atoms with Crippen molar-refractivity contribution in [1.29, 1.82) is 0 Å². The molecular weight excluding hydrogens is 521 g/mol. The number of carbonyl (C=O) groups is 2. The van der Waals surface area contributed by atoms with Crippen molar-refractivity contribution in [3.8, 4) is 0 Å². The molecule has 0 unspecified atom stereocenters. The van der Waals surface area contributed by atoms with Crippen LogP contribution in [0.15, 0.2) is 47.4 Å². The van der Waals surface area contributed by atoms with E-state index >= 15 is 0 Å². The molecule has 2 aromatic carbocycles. The molecule has 0 aromatic heterocycles. The number of carbonyl (C=O) groups excluding carboxylic acids is 1. The lowest BCUT2D eigenvalue weighted by Gasteiger charge is -2.28. The third-order valence-corrected chi connectivity index (χ3v) is 8.62. The summed E-state index contributed by atoms with van der Waals surface area (Å²) in [6, 6.07) is 13.0. The van der Waals surface area contributed by atoms with Crippen LogP contribution in [-0.2, 0) is 25.0 Å². The van der Waals surface area contributed by atoms with Gasteiger partial charge >= 0.3 is 12.1 Å². The smallest absolute Gasteiger partial charge is 0.475 e. The molecule has 2 aromatic rings. The molecule has 0 heterocycles. The molecule has 0 saturated heterocycles. The summed E-state index contributed by atoms with van der Waals surface area (Å²) in [6.07, 6.45) is 1.07. The van der Waals surface area contributed by atoms with Crippen LogP contribution < -0.4 is 10.0 Å². The molecule has 0 bridgehead atoms. The Morgan fingerprint density at radius 1 is 0.974 bits per heavy atom.